The lowest BCUT2D eigenvalue weighted by atomic mass is 10.1. The second-order valence-corrected chi connectivity index (χ2v) is 6.44. The standard InChI is InChI=1S/C19H13N3O3S/c23-17-10-15(12-4-2-1-3-5-12)21-22(17)19-20-16(11-26-19)13-6-8-14(9-7-13)18(24)25/h1-11,21H,(H,24,25). The maximum atomic E-state index is 12.3. The molecule has 4 aromatic rings. The van der Waals surface area contributed by atoms with Gasteiger partial charge in [-0.1, -0.05) is 42.5 Å². The van der Waals surface area contributed by atoms with Crippen LogP contribution in [0, 0.1) is 0 Å². The van der Waals surface area contributed by atoms with Crippen LogP contribution in [-0.4, -0.2) is 25.8 Å². The average Bonchev–Trinajstić information content (AvgIpc) is 3.29. The van der Waals surface area contributed by atoms with E-state index in [0.717, 1.165) is 16.8 Å². The van der Waals surface area contributed by atoms with Crippen molar-refractivity contribution in [2.45, 2.75) is 0 Å². The fourth-order valence-electron chi connectivity index (χ4n) is 2.59. The molecule has 128 valence electrons. The minimum atomic E-state index is -0.970. The molecule has 0 radical (unpaired) electrons. The number of aromatic nitrogens is 3. The number of carboxylic acid groups (broad SMARTS) is 1. The Kier molecular flexibility index (Phi) is 3.98. The summed E-state index contributed by atoms with van der Waals surface area (Å²) < 4.78 is 1.40. The molecule has 2 aromatic heterocycles. The fraction of sp³-hybridized carbons (Fsp3) is 0. The van der Waals surface area contributed by atoms with Crippen molar-refractivity contribution in [3.63, 3.8) is 0 Å². The number of aromatic amines is 1. The molecule has 0 aliphatic heterocycles. The summed E-state index contributed by atoms with van der Waals surface area (Å²) in [6.45, 7) is 0. The lowest BCUT2D eigenvalue weighted by Gasteiger charge is -1.99. The third-order valence-corrected chi connectivity index (χ3v) is 4.74. The Hall–Kier alpha value is -3.45. The van der Waals surface area contributed by atoms with Crippen molar-refractivity contribution in [3.8, 4) is 27.6 Å². The number of rotatable bonds is 4. The summed E-state index contributed by atoms with van der Waals surface area (Å²) in [5, 5.41) is 14.4. The summed E-state index contributed by atoms with van der Waals surface area (Å²) in [4.78, 5) is 27.7. The number of carbonyl (C=O) groups is 1. The average molecular weight is 363 g/mol. The van der Waals surface area contributed by atoms with Crippen molar-refractivity contribution < 1.29 is 9.90 Å². The molecule has 4 rings (SSSR count). The molecule has 0 aliphatic rings. The van der Waals surface area contributed by atoms with Gasteiger partial charge in [0, 0.05) is 17.0 Å². The minimum absolute atomic E-state index is 0.189. The second kappa shape index (κ2) is 6.45. The number of nitrogens with one attached hydrogen (secondary N) is 1. The highest BCUT2D eigenvalue weighted by Gasteiger charge is 2.12. The number of thiazole rings is 1. The van der Waals surface area contributed by atoms with E-state index in [2.05, 4.69) is 10.1 Å². The molecular formula is C19H13N3O3S. The van der Waals surface area contributed by atoms with E-state index < -0.39 is 5.97 Å². The fourth-order valence-corrected chi connectivity index (χ4v) is 3.38. The van der Waals surface area contributed by atoms with Gasteiger partial charge in [-0.2, -0.15) is 4.68 Å². The molecule has 7 heteroatoms. The normalized spacial score (nSPS) is 10.8. The molecule has 0 fully saturated rings. The zero-order chi connectivity index (χ0) is 18.1. The first-order valence-electron chi connectivity index (χ1n) is 7.79. The molecule has 0 atom stereocenters. The van der Waals surface area contributed by atoms with Crippen LogP contribution in [0.2, 0.25) is 0 Å². The molecular weight excluding hydrogens is 350 g/mol. The van der Waals surface area contributed by atoms with E-state index in [1.165, 1.54) is 34.2 Å². The van der Waals surface area contributed by atoms with Crippen LogP contribution in [0.1, 0.15) is 10.4 Å². The van der Waals surface area contributed by atoms with Gasteiger partial charge in [-0.3, -0.25) is 9.89 Å². The van der Waals surface area contributed by atoms with Gasteiger partial charge in [0.1, 0.15) is 0 Å². The first-order chi connectivity index (χ1) is 12.6. The Labute approximate surface area is 152 Å². The van der Waals surface area contributed by atoms with Crippen LogP contribution in [0.4, 0.5) is 0 Å². The Morgan fingerprint density at radius 1 is 1.04 bits per heavy atom. The maximum Gasteiger partial charge on any atom is 0.335 e. The van der Waals surface area contributed by atoms with Gasteiger partial charge in [0.05, 0.1) is 17.0 Å². The SMILES string of the molecule is O=C(O)c1ccc(-c2csc(-n3[nH]c(-c4ccccc4)cc3=O)n2)cc1. The van der Waals surface area contributed by atoms with Gasteiger partial charge < -0.3 is 5.11 Å². The quantitative estimate of drug-likeness (QED) is 0.579. The smallest absolute Gasteiger partial charge is 0.335 e. The first kappa shape index (κ1) is 16.0. The highest BCUT2D eigenvalue weighted by Crippen LogP contribution is 2.24. The number of carboxylic acids is 1. The number of nitrogens with zero attached hydrogens (tertiary/aromatic N) is 2. The third-order valence-electron chi connectivity index (χ3n) is 3.92. The van der Waals surface area contributed by atoms with E-state index in [-0.39, 0.29) is 11.1 Å². The van der Waals surface area contributed by atoms with Gasteiger partial charge >= 0.3 is 5.97 Å². The van der Waals surface area contributed by atoms with Crippen molar-refractivity contribution in [3.05, 3.63) is 82.0 Å². The monoisotopic (exact) mass is 363 g/mol. The molecule has 2 heterocycles. The molecule has 0 amide bonds. The molecule has 6 nitrogen and oxygen atoms in total. The molecule has 2 aromatic carbocycles. The number of hydrogen-bond donors (Lipinski definition) is 2. The third kappa shape index (κ3) is 2.96. The van der Waals surface area contributed by atoms with Gasteiger partial charge in [0.2, 0.25) is 5.13 Å². The van der Waals surface area contributed by atoms with Gasteiger partial charge in [-0.05, 0) is 17.7 Å². The van der Waals surface area contributed by atoms with E-state index in [4.69, 9.17) is 5.11 Å². The van der Waals surface area contributed by atoms with Crippen molar-refractivity contribution in [2.24, 2.45) is 0 Å². The van der Waals surface area contributed by atoms with E-state index in [1.807, 2.05) is 35.7 Å². The van der Waals surface area contributed by atoms with Crippen molar-refractivity contribution in [1.82, 2.24) is 14.8 Å². The Morgan fingerprint density at radius 2 is 1.77 bits per heavy atom. The summed E-state index contributed by atoms with van der Waals surface area (Å²) in [5.41, 5.74) is 3.15. The Balaban J connectivity index is 1.67. The van der Waals surface area contributed by atoms with E-state index in [0.29, 0.717) is 10.8 Å². The highest BCUT2D eigenvalue weighted by atomic mass is 32.1. The number of hydrogen-bond acceptors (Lipinski definition) is 4. The molecule has 0 spiro atoms. The summed E-state index contributed by atoms with van der Waals surface area (Å²) >= 11 is 1.33. The van der Waals surface area contributed by atoms with Crippen molar-refractivity contribution in [1.29, 1.82) is 0 Å². The van der Waals surface area contributed by atoms with Crippen molar-refractivity contribution >= 4 is 17.3 Å². The highest BCUT2D eigenvalue weighted by molar-refractivity contribution is 7.12. The molecule has 0 saturated heterocycles. The molecule has 2 N–H and O–H groups in total. The second-order valence-electron chi connectivity index (χ2n) is 5.61. The van der Waals surface area contributed by atoms with Crippen LogP contribution in [0.25, 0.3) is 27.6 Å². The topological polar surface area (TPSA) is 88.0 Å². The van der Waals surface area contributed by atoms with Crippen LogP contribution in [0.5, 0.6) is 0 Å². The Morgan fingerprint density at radius 3 is 2.46 bits per heavy atom. The number of benzene rings is 2. The zero-order valence-corrected chi connectivity index (χ0v) is 14.2. The van der Waals surface area contributed by atoms with E-state index >= 15 is 0 Å². The van der Waals surface area contributed by atoms with Gasteiger partial charge in [0.25, 0.3) is 5.56 Å². The van der Waals surface area contributed by atoms with Gasteiger partial charge in [0.15, 0.2) is 0 Å². The zero-order valence-electron chi connectivity index (χ0n) is 13.4. The van der Waals surface area contributed by atoms with Gasteiger partial charge in [-0.25, -0.2) is 9.78 Å². The molecule has 0 saturated carbocycles. The predicted molar refractivity (Wildman–Crippen MR) is 99.9 cm³/mol. The van der Waals surface area contributed by atoms with Gasteiger partial charge in [-0.15, -0.1) is 11.3 Å². The maximum absolute atomic E-state index is 12.3. The first-order valence-corrected chi connectivity index (χ1v) is 8.67. The Bertz CT molecular complexity index is 1120. The van der Waals surface area contributed by atoms with Crippen LogP contribution in [-0.2, 0) is 0 Å². The van der Waals surface area contributed by atoms with E-state index in [9.17, 15) is 9.59 Å². The van der Waals surface area contributed by atoms with Crippen LogP contribution < -0.4 is 5.56 Å². The molecule has 26 heavy (non-hydrogen) atoms. The van der Waals surface area contributed by atoms with Crippen LogP contribution in [0.3, 0.4) is 0 Å². The molecule has 0 unspecified atom stereocenters. The summed E-state index contributed by atoms with van der Waals surface area (Å²) in [5.74, 6) is -0.970. The summed E-state index contributed by atoms with van der Waals surface area (Å²) in [7, 11) is 0. The molecule has 0 bridgehead atoms. The minimum Gasteiger partial charge on any atom is -0.478 e. The van der Waals surface area contributed by atoms with Crippen LogP contribution in [0.15, 0.2) is 70.8 Å². The number of aromatic carboxylic acids is 1. The summed E-state index contributed by atoms with van der Waals surface area (Å²) in [6.07, 6.45) is 0. The van der Waals surface area contributed by atoms with E-state index in [1.54, 1.807) is 12.1 Å². The number of H-pyrrole nitrogens is 1. The largest absolute Gasteiger partial charge is 0.478 e. The predicted octanol–water partition coefficient (Wildman–Crippen LogP) is 3.65. The molecule has 0 aliphatic carbocycles. The van der Waals surface area contributed by atoms with Crippen molar-refractivity contribution in [2.75, 3.05) is 0 Å². The lowest BCUT2D eigenvalue weighted by molar-refractivity contribution is 0.0697. The summed E-state index contributed by atoms with van der Waals surface area (Å²) in [6, 6.07) is 17.6. The van der Waals surface area contributed by atoms with Crippen LogP contribution >= 0.6 is 11.3 Å². The lowest BCUT2D eigenvalue weighted by Crippen LogP contribution is -2.12.